The fourth-order valence-corrected chi connectivity index (χ4v) is 2.95. The summed E-state index contributed by atoms with van der Waals surface area (Å²) in [6.07, 6.45) is 0.800. The van der Waals surface area contributed by atoms with Gasteiger partial charge in [0.1, 0.15) is 0 Å². The molecule has 0 aliphatic carbocycles. The van der Waals surface area contributed by atoms with Crippen molar-refractivity contribution in [3.63, 3.8) is 0 Å². The van der Waals surface area contributed by atoms with Crippen molar-refractivity contribution in [2.24, 2.45) is 0 Å². The van der Waals surface area contributed by atoms with Crippen LogP contribution < -0.4 is 5.32 Å². The first-order valence-corrected chi connectivity index (χ1v) is 7.45. The number of nitrogens with zero attached hydrogens (tertiary/aromatic N) is 1. The van der Waals surface area contributed by atoms with Crippen molar-refractivity contribution in [1.82, 2.24) is 10.2 Å². The fraction of sp³-hybridized carbons (Fsp3) is 0.385. The molecule has 0 bridgehead atoms. The van der Waals surface area contributed by atoms with Crippen LogP contribution in [0.2, 0.25) is 5.02 Å². The smallest absolute Gasteiger partial charge is 0.239 e. The Balaban J connectivity index is 1.90. The van der Waals surface area contributed by atoms with E-state index in [0.29, 0.717) is 23.9 Å². The van der Waals surface area contributed by atoms with E-state index in [4.69, 9.17) is 11.6 Å². The van der Waals surface area contributed by atoms with E-state index < -0.39 is 0 Å². The van der Waals surface area contributed by atoms with E-state index >= 15 is 0 Å². The molecule has 2 rings (SSSR count). The van der Waals surface area contributed by atoms with Gasteiger partial charge in [-0.15, -0.1) is 11.8 Å². The first-order chi connectivity index (χ1) is 9.16. The molecule has 1 aromatic carbocycles. The van der Waals surface area contributed by atoms with Gasteiger partial charge in [0.2, 0.25) is 11.8 Å². The third-order valence-electron chi connectivity index (χ3n) is 2.80. The number of nitrogens with one attached hydrogen (secondary N) is 1. The minimum atomic E-state index is -0.0893. The predicted molar refractivity (Wildman–Crippen MR) is 76.4 cm³/mol. The molecule has 102 valence electrons. The average molecular weight is 299 g/mol. The maximum atomic E-state index is 12.1. The van der Waals surface area contributed by atoms with Crippen molar-refractivity contribution in [3.8, 4) is 0 Å². The normalized spacial score (nSPS) is 15.8. The molecule has 0 aromatic heterocycles. The highest BCUT2D eigenvalue weighted by Gasteiger charge is 2.19. The minimum Gasteiger partial charge on any atom is -0.354 e. The number of hydrogen-bond donors (Lipinski definition) is 1. The molecule has 1 fully saturated rings. The van der Waals surface area contributed by atoms with Crippen LogP contribution in [0.25, 0.3) is 0 Å². The van der Waals surface area contributed by atoms with Crippen molar-refractivity contribution < 1.29 is 9.59 Å². The van der Waals surface area contributed by atoms with E-state index in [9.17, 15) is 9.59 Å². The number of carbonyl (C=O) groups is 2. The van der Waals surface area contributed by atoms with Gasteiger partial charge in [-0.1, -0.05) is 23.7 Å². The lowest BCUT2D eigenvalue weighted by atomic mass is 10.4. The number of thioether (sulfide) groups is 1. The second-order valence-electron chi connectivity index (χ2n) is 4.24. The molecule has 1 aliphatic heterocycles. The molecule has 2 amide bonds. The molecule has 19 heavy (non-hydrogen) atoms. The van der Waals surface area contributed by atoms with Gasteiger partial charge in [0.25, 0.3) is 0 Å². The van der Waals surface area contributed by atoms with Crippen molar-refractivity contribution >= 4 is 35.2 Å². The van der Waals surface area contributed by atoms with Crippen LogP contribution in [0, 0.1) is 0 Å². The summed E-state index contributed by atoms with van der Waals surface area (Å²) in [4.78, 5) is 25.9. The number of hydrogen-bond acceptors (Lipinski definition) is 3. The van der Waals surface area contributed by atoms with Gasteiger partial charge in [-0.05, 0) is 18.6 Å². The number of benzene rings is 1. The van der Waals surface area contributed by atoms with Crippen molar-refractivity contribution in [1.29, 1.82) is 0 Å². The summed E-state index contributed by atoms with van der Waals surface area (Å²) in [5.74, 6) is 0.187. The van der Waals surface area contributed by atoms with Crippen LogP contribution in [0.15, 0.2) is 29.2 Å². The fourth-order valence-electron chi connectivity index (χ4n) is 1.81. The Bertz CT molecular complexity index is 481. The van der Waals surface area contributed by atoms with E-state index in [0.717, 1.165) is 11.3 Å². The number of carbonyl (C=O) groups excluding carboxylic acids is 2. The lowest BCUT2D eigenvalue weighted by Crippen LogP contribution is -2.38. The first kappa shape index (κ1) is 14.2. The van der Waals surface area contributed by atoms with Gasteiger partial charge < -0.3 is 10.2 Å². The second-order valence-corrected chi connectivity index (χ2v) is 5.66. The van der Waals surface area contributed by atoms with Crippen molar-refractivity contribution in [2.75, 3.05) is 25.4 Å². The highest BCUT2D eigenvalue weighted by molar-refractivity contribution is 8.00. The Morgan fingerprint density at radius 1 is 1.42 bits per heavy atom. The standard InChI is InChI=1S/C13H15ClN2O2S/c14-10-4-1-2-5-11(10)19-9-13(18)16-7-3-6-15-12(17)8-16/h1-2,4-5H,3,6-9H2,(H,15,17). The Morgan fingerprint density at radius 3 is 3.00 bits per heavy atom. The topological polar surface area (TPSA) is 49.4 Å². The quantitative estimate of drug-likeness (QED) is 0.866. The average Bonchev–Trinajstić information content (AvgIpc) is 2.62. The van der Waals surface area contributed by atoms with Crippen LogP contribution in [0.1, 0.15) is 6.42 Å². The third-order valence-corrected chi connectivity index (χ3v) is 4.30. The zero-order valence-corrected chi connectivity index (χ0v) is 12.0. The van der Waals surface area contributed by atoms with Crippen LogP contribution in [-0.2, 0) is 9.59 Å². The third kappa shape index (κ3) is 4.14. The first-order valence-electron chi connectivity index (χ1n) is 6.08. The summed E-state index contributed by atoms with van der Waals surface area (Å²) >= 11 is 7.43. The summed E-state index contributed by atoms with van der Waals surface area (Å²) in [5, 5.41) is 3.40. The highest BCUT2D eigenvalue weighted by Crippen LogP contribution is 2.26. The van der Waals surface area contributed by atoms with Crippen molar-refractivity contribution in [3.05, 3.63) is 29.3 Å². The molecule has 4 nitrogen and oxygen atoms in total. The number of rotatable bonds is 3. The molecule has 1 heterocycles. The summed E-state index contributed by atoms with van der Waals surface area (Å²) in [7, 11) is 0. The van der Waals surface area contributed by atoms with E-state index in [1.54, 1.807) is 11.0 Å². The molecule has 0 unspecified atom stereocenters. The zero-order chi connectivity index (χ0) is 13.7. The monoisotopic (exact) mass is 298 g/mol. The largest absolute Gasteiger partial charge is 0.354 e. The molecule has 1 aromatic rings. The second kappa shape index (κ2) is 6.82. The summed E-state index contributed by atoms with van der Waals surface area (Å²) in [5.41, 5.74) is 0. The molecular weight excluding hydrogens is 284 g/mol. The lowest BCUT2D eigenvalue weighted by molar-refractivity contribution is -0.133. The number of halogens is 1. The maximum Gasteiger partial charge on any atom is 0.239 e. The van der Waals surface area contributed by atoms with Crippen LogP contribution in [-0.4, -0.2) is 42.1 Å². The molecule has 0 saturated carbocycles. The highest BCUT2D eigenvalue weighted by atomic mass is 35.5. The molecule has 0 spiro atoms. The Kier molecular flexibility index (Phi) is 5.10. The maximum absolute atomic E-state index is 12.1. The van der Waals surface area contributed by atoms with Crippen LogP contribution >= 0.6 is 23.4 Å². The predicted octanol–water partition coefficient (Wildman–Crippen LogP) is 1.78. The Hall–Kier alpha value is -1.20. The summed E-state index contributed by atoms with van der Waals surface area (Å²) in [6, 6.07) is 7.43. The summed E-state index contributed by atoms with van der Waals surface area (Å²) in [6.45, 7) is 1.42. The Morgan fingerprint density at radius 2 is 2.21 bits per heavy atom. The van der Waals surface area contributed by atoms with Gasteiger partial charge in [0.05, 0.1) is 17.3 Å². The Labute approximate surface area is 121 Å². The van der Waals surface area contributed by atoms with E-state index in [1.165, 1.54) is 11.8 Å². The van der Waals surface area contributed by atoms with E-state index in [2.05, 4.69) is 5.32 Å². The SMILES string of the molecule is O=C1CN(C(=O)CSc2ccccc2Cl)CCCN1. The van der Waals surface area contributed by atoms with Gasteiger partial charge >= 0.3 is 0 Å². The van der Waals surface area contributed by atoms with Crippen LogP contribution in [0.5, 0.6) is 0 Å². The molecular formula is C13H15ClN2O2S. The molecule has 0 atom stereocenters. The van der Waals surface area contributed by atoms with Crippen LogP contribution in [0.4, 0.5) is 0 Å². The van der Waals surface area contributed by atoms with E-state index in [1.807, 2.05) is 18.2 Å². The van der Waals surface area contributed by atoms with Crippen LogP contribution in [0.3, 0.4) is 0 Å². The lowest BCUT2D eigenvalue weighted by Gasteiger charge is -2.18. The van der Waals surface area contributed by atoms with Gasteiger partial charge in [0, 0.05) is 18.0 Å². The molecule has 1 saturated heterocycles. The molecule has 1 aliphatic rings. The minimum absolute atomic E-state index is 0.0260. The number of amides is 2. The van der Waals surface area contributed by atoms with Gasteiger partial charge in [-0.2, -0.15) is 0 Å². The zero-order valence-electron chi connectivity index (χ0n) is 10.4. The van der Waals surface area contributed by atoms with Gasteiger partial charge in [-0.3, -0.25) is 9.59 Å². The molecule has 0 radical (unpaired) electrons. The van der Waals surface area contributed by atoms with Crippen molar-refractivity contribution in [2.45, 2.75) is 11.3 Å². The summed E-state index contributed by atoms with van der Waals surface area (Å²) < 4.78 is 0. The van der Waals surface area contributed by atoms with E-state index in [-0.39, 0.29) is 18.4 Å². The van der Waals surface area contributed by atoms with Gasteiger partial charge in [-0.25, -0.2) is 0 Å². The molecule has 1 N–H and O–H groups in total. The molecule has 6 heteroatoms. The van der Waals surface area contributed by atoms with Gasteiger partial charge in [0.15, 0.2) is 0 Å².